The Morgan fingerprint density at radius 2 is 1.85 bits per heavy atom. The Bertz CT molecular complexity index is 1160. The minimum Gasteiger partial charge on any atom is -0.366 e. The Hall–Kier alpha value is -2.99. The Morgan fingerprint density at radius 3 is 2.50 bits per heavy atom. The first-order valence-electron chi connectivity index (χ1n) is 11.7. The molecule has 0 fully saturated rings. The number of benzene rings is 2. The summed E-state index contributed by atoms with van der Waals surface area (Å²) in [7, 11) is 2.02. The molecule has 0 saturated carbocycles. The molecule has 1 N–H and O–H groups in total. The van der Waals surface area contributed by atoms with Crippen LogP contribution in [0, 0.1) is 19.3 Å². The highest BCUT2D eigenvalue weighted by molar-refractivity contribution is 7.10. The molecule has 0 aliphatic rings. The molecule has 0 bridgehead atoms. The van der Waals surface area contributed by atoms with Gasteiger partial charge in [-0.1, -0.05) is 39.0 Å². The van der Waals surface area contributed by atoms with Crippen molar-refractivity contribution in [3.63, 3.8) is 0 Å². The lowest BCUT2D eigenvalue weighted by Gasteiger charge is -2.18. The first kappa shape index (κ1) is 25.6. The number of hydrogen-bond donors (Lipinski definition) is 1. The number of aromatic nitrogens is 1. The number of amides is 1. The summed E-state index contributed by atoms with van der Waals surface area (Å²) in [6.45, 7) is 14.2. The molecule has 34 heavy (non-hydrogen) atoms. The van der Waals surface area contributed by atoms with Gasteiger partial charge in [0.15, 0.2) is 0 Å². The average molecular weight is 477 g/mol. The van der Waals surface area contributed by atoms with Crippen molar-refractivity contribution >= 4 is 29.3 Å². The molecule has 0 saturated heterocycles. The van der Waals surface area contributed by atoms with Gasteiger partial charge in [0.05, 0.1) is 22.7 Å². The Morgan fingerprint density at radius 1 is 1.15 bits per heavy atom. The Kier molecular flexibility index (Phi) is 8.26. The van der Waals surface area contributed by atoms with Crippen molar-refractivity contribution in [1.29, 1.82) is 0 Å². The molecule has 180 valence electrons. The quantitative estimate of drug-likeness (QED) is 0.302. The highest BCUT2D eigenvalue weighted by Gasteiger charge is 2.14. The van der Waals surface area contributed by atoms with Gasteiger partial charge >= 0.3 is 0 Å². The van der Waals surface area contributed by atoms with Crippen LogP contribution in [0.15, 0.2) is 46.8 Å². The monoisotopic (exact) mass is 476 g/mol. The first-order chi connectivity index (χ1) is 16.1. The molecule has 2 aromatic carbocycles. The van der Waals surface area contributed by atoms with Gasteiger partial charge in [-0.3, -0.25) is 4.79 Å². The lowest BCUT2D eigenvalue weighted by molar-refractivity contribution is 0.0939. The molecule has 1 amide bonds. The molecule has 1 heterocycles. The summed E-state index contributed by atoms with van der Waals surface area (Å²) in [5.41, 5.74) is 7.36. The summed E-state index contributed by atoms with van der Waals surface area (Å²) in [5, 5.41) is 6.16. The number of aryl methyl sites for hydroxylation is 2. The van der Waals surface area contributed by atoms with Crippen molar-refractivity contribution < 1.29 is 4.79 Å². The maximum absolute atomic E-state index is 12.4. The van der Waals surface area contributed by atoms with Crippen LogP contribution in [0.1, 0.15) is 59.8 Å². The smallest absolute Gasteiger partial charge is 0.251 e. The predicted octanol–water partition coefficient (Wildman–Crippen LogP) is 6.41. The third kappa shape index (κ3) is 7.00. The lowest BCUT2D eigenvalue weighted by Crippen LogP contribution is -2.32. The SMILES string of the molecule is CCN(C)C=Nc1cc(C)c(Cc2nc(-c3ccc(C(=O)NCC(C)(C)C)cc3)cs2)cc1C. The lowest BCUT2D eigenvalue weighted by atomic mass is 9.97. The van der Waals surface area contributed by atoms with E-state index in [4.69, 9.17) is 4.98 Å². The van der Waals surface area contributed by atoms with Gasteiger partial charge in [-0.05, 0) is 61.1 Å². The predicted molar refractivity (Wildman–Crippen MR) is 145 cm³/mol. The second kappa shape index (κ2) is 11.0. The summed E-state index contributed by atoms with van der Waals surface area (Å²) in [6, 6.07) is 12.1. The highest BCUT2D eigenvalue weighted by Crippen LogP contribution is 2.28. The third-order valence-electron chi connectivity index (χ3n) is 5.66. The second-order valence-electron chi connectivity index (χ2n) is 10.0. The van der Waals surface area contributed by atoms with Crippen LogP contribution in [-0.2, 0) is 6.42 Å². The van der Waals surface area contributed by atoms with Gasteiger partial charge in [-0.2, -0.15) is 0 Å². The highest BCUT2D eigenvalue weighted by atomic mass is 32.1. The van der Waals surface area contributed by atoms with Gasteiger partial charge in [0, 0.05) is 43.1 Å². The zero-order valence-corrected chi connectivity index (χ0v) is 22.2. The number of carbonyl (C=O) groups excluding carboxylic acids is 1. The van der Waals surface area contributed by atoms with E-state index in [9.17, 15) is 4.79 Å². The van der Waals surface area contributed by atoms with E-state index in [-0.39, 0.29) is 11.3 Å². The number of thiazole rings is 1. The van der Waals surface area contributed by atoms with Crippen molar-refractivity contribution in [3.05, 3.63) is 69.0 Å². The maximum atomic E-state index is 12.4. The first-order valence-corrected chi connectivity index (χ1v) is 12.6. The number of carbonyl (C=O) groups is 1. The minimum atomic E-state index is -0.0413. The van der Waals surface area contributed by atoms with E-state index in [0.29, 0.717) is 12.1 Å². The van der Waals surface area contributed by atoms with Crippen LogP contribution in [0.5, 0.6) is 0 Å². The molecule has 0 unspecified atom stereocenters. The zero-order valence-electron chi connectivity index (χ0n) is 21.4. The van der Waals surface area contributed by atoms with Crippen molar-refractivity contribution in [2.45, 2.75) is 48.0 Å². The van der Waals surface area contributed by atoms with Crippen LogP contribution in [0.25, 0.3) is 11.3 Å². The summed E-state index contributed by atoms with van der Waals surface area (Å²) in [4.78, 5) is 23.9. The van der Waals surface area contributed by atoms with Crippen LogP contribution in [0.3, 0.4) is 0 Å². The second-order valence-corrected chi connectivity index (χ2v) is 10.9. The Balaban J connectivity index is 1.69. The van der Waals surface area contributed by atoms with E-state index in [1.165, 1.54) is 16.7 Å². The molecule has 3 aromatic rings. The summed E-state index contributed by atoms with van der Waals surface area (Å²) >= 11 is 1.67. The summed E-state index contributed by atoms with van der Waals surface area (Å²) in [5.74, 6) is -0.0413. The molecule has 3 rings (SSSR count). The van der Waals surface area contributed by atoms with E-state index in [0.717, 1.165) is 34.9 Å². The molecule has 6 heteroatoms. The van der Waals surface area contributed by atoms with Crippen LogP contribution in [0.2, 0.25) is 0 Å². The standard InChI is InChI=1S/C28H36N4OS/c1-8-32(7)18-30-24-14-19(2)23(13-20(24)3)15-26-31-25(16-34-26)21-9-11-22(12-10-21)27(33)29-17-28(4,5)6/h9-14,16,18H,8,15,17H2,1-7H3,(H,29,33). The van der Waals surface area contributed by atoms with E-state index in [1.54, 1.807) is 11.3 Å². The van der Waals surface area contributed by atoms with Crippen LogP contribution in [-0.4, -0.2) is 42.3 Å². The molecular formula is C28H36N4OS. The van der Waals surface area contributed by atoms with Crippen molar-refractivity contribution in [2.75, 3.05) is 20.1 Å². The Labute approximate surface area is 208 Å². The normalized spacial score (nSPS) is 11.7. The van der Waals surface area contributed by atoms with Gasteiger partial charge in [-0.15, -0.1) is 11.3 Å². The maximum Gasteiger partial charge on any atom is 0.251 e. The molecule has 0 aliphatic heterocycles. The molecule has 0 spiro atoms. The molecular weight excluding hydrogens is 440 g/mol. The number of rotatable bonds is 8. The van der Waals surface area contributed by atoms with E-state index >= 15 is 0 Å². The minimum absolute atomic E-state index is 0.0413. The number of nitrogens with zero attached hydrogens (tertiary/aromatic N) is 3. The largest absolute Gasteiger partial charge is 0.366 e. The summed E-state index contributed by atoms with van der Waals surface area (Å²) < 4.78 is 0. The average Bonchev–Trinajstić information content (AvgIpc) is 3.26. The fourth-order valence-corrected chi connectivity index (χ4v) is 4.19. The molecule has 5 nitrogen and oxygen atoms in total. The number of nitrogens with one attached hydrogen (secondary N) is 1. The van der Waals surface area contributed by atoms with Gasteiger partial charge in [0.25, 0.3) is 5.91 Å². The fraction of sp³-hybridized carbons (Fsp3) is 0.393. The number of aliphatic imine (C=N–C) groups is 1. The third-order valence-corrected chi connectivity index (χ3v) is 6.51. The van der Waals surface area contributed by atoms with Crippen molar-refractivity contribution in [1.82, 2.24) is 15.2 Å². The van der Waals surface area contributed by atoms with Gasteiger partial charge in [0.1, 0.15) is 0 Å². The number of hydrogen-bond acceptors (Lipinski definition) is 4. The summed E-state index contributed by atoms with van der Waals surface area (Å²) in [6.07, 6.45) is 2.68. The van der Waals surface area contributed by atoms with E-state index in [2.05, 4.69) is 74.3 Å². The van der Waals surface area contributed by atoms with E-state index < -0.39 is 0 Å². The van der Waals surface area contributed by atoms with Crippen molar-refractivity contribution in [3.8, 4) is 11.3 Å². The molecule has 1 aromatic heterocycles. The van der Waals surface area contributed by atoms with Crippen LogP contribution >= 0.6 is 11.3 Å². The van der Waals surface area contributed by atoms with Crippen molar-refractivity contribution in [2.24, 2.45) is 10.4 Å². The van der Waals surface area contributed by atoms with Gasteiger partial charge < -0.3 is 10.2 Å². The molecule has 0 radical (unpaired) electrons. The topological polar surface area (TPSA) is 57.6 Å². The fourth-order valence-electron chi connectivity index (χ4n) is 3.36. The molecule has 0 aliphatic carbocycles. The zero-order chi connectivity index (χ0) is 24.9. The van der Waals surface area contributed by atoms with Crippen LogP contribution < -0.4 is 5.32 Å². The molecule has 0 atom stereocenters. The van der Waals surface area contributed by atoms with Crippen LogP contribution in [0.4, 0.5) is 5.69 Å². The van der Waals surface area contributed by atoms with E-state index in [1.807, 2.05) is 37.7 Å². The van der Waals surface area contributed by atoms with Gasteiger partial charge in [0.2, 0.25) is 0 Å². The van der Waals surface area contributed by atoms with Gasteiger partial charge in [-0.25, -0.2) is 9.98 Å².